The van der Waals surface area contributed by atoms with Crippen LogP contribution < -0.4 is 0 Å². The number of ketones is 1. The van der Waals surface area contributed by atoms with Crippen LogP contribution in [0.3, 0.4) is 0 Å². The SMILES string of the molecule is CC(=O)c1cc(COCC(C)(C)C)ccc1Br. The first-order valence-electron chi connectivity index (χ1n) is 5.67. The molecule has 0 heterocycles. The zero-order chi connectivity index (χ0) is 13.1. The van der Waals surface area contributed by atoms with Crippen molar-refractivity contribution in [3.63, 3.8) is 0 Å². The van der Waals surface area contributed by atoms with E-state index in [1.807, 2.05) is 18.2 Å². The van der Waals surface area contributed by atoms with Crippen LogP contribution in [-0.2, 0) is 11.3 Å². The van der Waals surface area contributed by atoms with Crippen molar-refractivity contribution in [1.29, 1.82) is 0 Å². The van der Waals surface area contributed by atoms with Crippen molar-refractivity contribution >= 4 is 21.7 Å². The average molecular weight is 299 g/mol. The van der Waals surface area contributed by atoms with E-state index in [-0.39, 0.29) is 11.2 Å². The number of hydrogen-bond donors (Lipinski definition) is 0. The van der Waals surface area contributed by atoms with Gasteiger partial charge >= 0.3 is 0 Å². The zero-order valence-electron chi connectivity index (χ0n) is 10.8. The van der Waals surface area contributed by atoms with Gasteiger partial charge in [-0.3, -0.25) is 4.79 Å². The van der Waals surface area contributed by atoms with Crippen molar-refractivity contribution in [1.82, 2.24) is 0 Å². The molecule has 0 amide bonds. The molecule has 0 saturated heterocycles. The maximum atomic E-state index is 11.4. The molecule has 0 aromatic heterocycles. The lowest BCUT2D eigenvalue weighted by molar-refractivity contribution is 0.0598. The number of halogens is 1. The lowest BCUT2D eigenvalue weighted by Crippen LogP contribution is -2.14. The van der Waals surface area contributed by atoms with Gasteiger partial charge in [0.25, 0.3) is 0 Å². The highest BCUT2D eigenvalue weighted by molar-refractivity contribution is 9.10. The Labute approximate surface area is 111 Å². The summed E-state index contributed by atoms with van der Waals surface area (Å²) in [7, 11) is 0. The van der Waals surface area contributed by atoms with E-state index in [1.54, 1.807) is 6.92 Å². The van der Waals surface area contributed by atoms with E-state index in [0.29, 0.717) is 18.8 Å². The number of benzene rings is 1. The van der Waals surface area contributed by atoms with Gasteiger partial charge in [-0.15, -0.1) is 0 Å². The Morgan fingerprint density at radius 1 is 1.35 bits per heavy atom. The minimum atomic E-state index is 0.0644. The van der Waals surface area contributed by atoms with Crippen molar-refractivity contribution in [3.05, 3.63) is 33.8 Å². The third-order valence-electron chi connectivity index (χ3n) is 2.21. The fraction of sp³-hybridized carbons (Fsp3) is 0.500. The molecule has 0 saturated carbocycles. The van der Waals surface area contributed by atoms with Crippen LogP contribution in [0.15, 0.2) is 22.7 Å². The molecule has 0 radical (unpaired) electrons. The van der Waals surface area contributed by atoms with Crippen LogP contribution in [0.5, 0.6) is 0 Å². The number of Topliss-reactive ketones (excluding diaryl/α,β-unsaturated/α-hetero) is 1. The van der Waals surface area contributed by atoms with Gasteiger partial charge in [-0.25, -0.2) is 0 Å². The standard InChI is InChI=1S/C14H19BrO2/c1-10(16)12-7-11(5-6-13(12)15)8-17-9-14(2,3)4/h5-7H,8-9H2,1-4H3. The lowest BCUT2D eigenvalue weighted by atomic mass is 9.99. The van der Waals surface area contributed by atoms with E-state index in [0.717, 1.165) is 10.0 Å². The Morgan fingerprint density at radius 2 is 2.00 bits per heavy atom. The predicted molar refractivity (Wildman–Crippen MR) is 73.3 cm³/mol. The zero-order valence-corrected chi connectivity index (χ0v) is 12.4. The molecule has 1 aromatic carbocycles. The van der Waals surface area contributed by atoms with Crippen LogP contribution in [0.1, 0.15) is 43.6 Å². The van der Waals surface area contributed by atoms with Gasteiger partial charge in [0.05, 0.1) is 13.2 Å². The summed E-state index contributed by atoms with van der Waals surface area (Å²) >= 11 is 3.37. The maximum Gasteiger partial charge on any atom is 0.160 e. The smallest absolute Gasteiger partial charge is 0.160 e. The number of ether oxygens (including phenoxy) is 1. The van der Waals surface area contributed by atoms with Gasteiger partial charge in [-0.05, 0) is 30.0 Å². The highest BCUT2D eigenvalue weighted by atomic mass is 79.9. The number of rotatable bonds is 4. The fourth-order valence-electron chi connectivity index (χ4n) is 1.41. The molecule has 0 N–H and O–H groups in total. The van der Waals surface area contributed by atoms with E-state index in [2.05, 4.69) is 36.7 Å². The molecular formula is C14H19BrO2. The molecule has 0 aliphatic heterocycles. The van der Waals surface area contributed by atoms with Gasteiger partial charge in [-0.1, -0.05) is 42.8 Å². The fourth-order valence-corrected chi connectivity index (χ4v) is 1.93. The van der Waals surface area contributed by atoms with Gasteiger partial charge in [0, 0.05) is 10.0 Å². The van der Waals surface area contributed by atoms with Gasteiger partial charge in [0.1, 0.15) is 0 Å². The van der Waals surface area contributed by atoms with E-state index < -0.39 is 0 Å². The van der Waals surface area contributed by atoms with Crippen molar-refractivity contribution in [2.45, 2.75) is 34.3 Å². The second kappa shape index (κ2) is 5.78. The summed E-state index contributed by atoms with van der Waals surface area (Å²) in [4.78, 5) is 11.4. The first kappa shape index (κ1) is 14.4. The molecule has 1 aromatic rings. The topological polar surface area (TPSA) is 26.3 Å². The summed E-state index contributed by atoms with van der Waals surface area (Å²) in [6.07, 6.45) is 0. The average Bonchev–Trinajstić information content (AvgIpc) is 2.18. The molecular weight excluding hydrogens is 280 g/mol. The van der Waals surface area contributed by atoms with Gasteiger partial charge in [0.2, 0.25) is 0 Å². The first-order valence-corrected chi connectivity index (χ1v) is 6.46. The molecule has 0 aliphatic rings. The van der Waals surface area contributed by atoms with E-state index in [1.165, 1.54) is 0 Å². The summed E-state index contributed by atoms with van der Waals surface area (Å²) in [6.45, 7) is 9.23. The predicted octanol–water partition coefficient (Wildman–Crippen LogP) is 4.21. The quantitative estimate of drug-likeness (QED) is 0.778. The van der Waals surface area contributed by atoms with Crippen molar-refractivity contribution < 1.29 is 9.53 Å². The molecule has 17 heavy (non-hydrogen) atoms. The molecule has 94 valence electrons. The van der Waals surface area contributed by atoms with Crippen molar-refractivity contribution in [3.8, 4) is 0 Å². The Morgan fingerprint density at radius 3 is 2.53 bits per heavy atom. The maximum absolute atomic E-state index is 11.4. The lowest BCUT2D eigenvalue weighted by Gasteiger charge is -2.18. The molecule has 2 nitrogen and oxygen atoms in total. The van der Waals surface area contributed by atoms with Crippen LogP contribution in [0.25, 0.3) is 0 Å². The molecule has 0 aliphatic carbocycles. The molecule has 0 spiro atoms. The molecule has 1 rings (SSSR count). The summed E-state index contributed by atoms with van der Waals surface area (Å²) in [5, 5.41) is 0. The van der Waals surface area contributed by atoms with Gasteiger partial charge in [0.15, 0.2) is 5.78 Å². The molecule has 0 fully saturated rings. The molecule has 0 atom stereocenters. The second-order valence-corrected chi connectivity index (χ2v) is 6.28. The number of carbonyl (C=O) groups excluding carboxylic acids is 1. The third-order valence-corrected chi connectivity index (χ3v) is 2.91. The highest BCUT2D eigenvalue weighted by Gasteiger charge is 2.11. The third kappa shape index (κ3) is 5.00. The van der Waals surface area contributed by atoms with Gasteiger partial charge < -0.3 is 4.74 Å². The van der Waals surface area contributed by atoms with E-state index in [4.69, 9.17) is 4.74 Å². The Balaban J connectivity index is 2.67. The van der Waals surface area contributed by atoms with Gasteiger partial charge in [-0.2, -0.15) is 0 Å². The Kier molecular flexibility index (Phi) is 4.90. The van der Waals surface area contributed by atoms with Crippen molar-refractivity contribution in [2.75, 3.05) is 6.61 Å². The highest BCUT2D eigenvalue weighted by Crippen LogP contribution is 2.20. The number of hydrogen-bond acceptors (Lipinski definition) is 2. The number of carbonyl (C=O) groups is 1. The monoisotopic (exact) mass is 298 g/mol. The largest absolute Gasteiger partial charge is 0.376 e. The summed E-state index contributed by atoms with van der Waals surface area (Å²) < 4.78 is 6.47. The normalized spacial score (nSPS) is 11.6. The molecule has 0 unspecified atom stereocenters. The van der Waals surface area contributed by atoms with Crippen LogP contribution in [0.2, 0.25) is 0 Å². The van der Waals surface area contributed by atoms with Crippen LogP contribution in [0, 0.1) is 5.41 Å². The minimum absolute atomic E-state index is 0.0644. The molecule has 0 bridgehead atoms. The van der Waals surface area contributed by atoms with E-state index in [9.17, 15) is 4.79 Å². The van der Waals surface area contributed by atoms with Crippen LogP contribution >= 0.6 is 15.9 Å². The summed E-state index contributed by atoms with van der Waals surface area (Å²) in [6, 6.07) is 5.75. The summed E-state index contributed by atoms with van der Waals surface area (Å²) in [5.41, 5.74) is 1.91. The Hall–Kier alpha value is -0.670. The van der Waals surface area contributed by atoms with Crippen LogP contribution in [-0.4, -0.2) is 12.4 Å². The summed E-state index contributed by atoms with van der Waals surface area (Å²) in [5.74, 6) is 0.0644. The van der Waals surface area contributed by atoms with Crippen LogP contribution in [0.4, 0.5) is 0 Å². The second-order valence-electron chi connectivity index (χ2n) is 5.42. The van der Waals surface area contributed by atoms with Crippen molar-refractivity contribution in [2.24, 2.45) is 5.41 Å². The first-order chi connectivity index (χ1) is 7.79. The minimum Gasteiger partial charge on any atom is -0.376 e. The van der Waals surface area contributed by atoms with E-state index >= 15 is 0 Å². The Bertz CT molecular complexity index is 405. The molecule has 3 heteroatoms.